The zero-order valence-electron chi connectivity index (χ0n) is 10.5. The lowest BCUT2D eigenvalue weighted by atomic mass is 10.0. The molecule has 8 heteroatoms. The number of rotatable bonds is 0. The van der Waals surface area contributed by atoms with E-state index < -0.39 is 11.4 Å². The first-order valence-corrected chi connectivity index (χ1v) is 5.76. The number of hydrogen-bond acceptors (Lipinski definition) is 6. The number of aromatic nitrogens is 1. The lowest BCUT2D eigenvalue weighted by Gasteiger charge is -2.10. The normalized spacial score (nSPS) is 10.9. The van der Waals surface area contributed by atoms with E-state index in [0.717, 1.165) is 12.1 Å². The number of hydrogen-bond donors (Lipinski definition) is 3. The van der Waals surface area contributed by atoms with Crippen molar-refractivity contribution in [3.63, 3.8) is 0 Å². The summed E-state index contributed by atoms with van der Waals surface area (Å²) in [5, 5.41) is 17.3. The average molecular weight is 285 g/mol. The summed E-state index contributed by atoms with van der Waals surface area (Å²) in [6.45, 7) is 0. The topological polar surface area (TPSA) is 135 Å². The van der Waals surface area contributed by atoms with E-state index in [-0.39, 0.29) is 38.7 Å². The van der Waals surface area contributed by atoms with E-state index in [4.69, 9.17) is 21.4 Å². The van der Waals surface area contributed by atoms with Gasteiger partial charge in [0.15, 0.2) is 0 Å². The van der Waals surface area contributed by atoms with Gasteiger partial charge in [-0.2, -0.15) is 5.26 Å². The van der Waals surface area contributed by atoms with E-state index >= 15 is 0 Å². The van der Waals surface area contributed by atoms with Gasteiger partial charge >= 0.3 is 0 Å². The molecule has 21 heavy (non-hydrogen) atoms. The summed E-state index contributed by atoms with van der Waals surface area (Å²) >= 11 is 0. The Morgan fingerprint density at radius 2 is 2.10 bits per heavy atom. The van der Waals surface area contributed by atoms with Crippen LogP contribution in [0.25, 0.3) is 21.7 Å². The van der Waals surface area contributed by atoms with Crippen LogP contribution in [0.5, 0.6) is 0 Å². The molecule has 0 atom stereocenters. The molecule has 5 N–H and O–H groups in total. The number of nitrogens with two attached hydrogens (primary N) is 2. The van der Waals surface area contributed by atoms with Crippen LogP contribution in [0.2, 0.25) is 0 Å². The third-order valence-corrected chi connectivity index (χ3v) is 3.21. The fourth-order valence-corrected chi connectivity index (χ4v) is 2.26. The minimum absolute atomic E-state index is 0.00764. The van der Waals surface area contributed by atoms with Gasteiger partial charge in [0.05, 0.1) is 5.39 Å². The largest absolute Gasteiger partial charge is 0.438 e. The van der Waals surface area contributed by atoms with Gasteiger partial charge < -0.3 is 16.0 Å². The van der Waals surface area contributed by atoms with Gasteiger partial charge in [-0.15, -0.1) is 0 Å². The molecule has 0 aliphatic rings. The van der Waals surface area contributed by atoms with Crippen LogP contribution in [-0.4, -0.2) is 4.68 Å². The third kappa shape index (κ3) is 1.58. The van der Waals surface area contributed by atoms with Crippen molar-refractivity contribution in [2.75, 3.05) is 11.6 Å². The van der Waals surface area contributed by atoms with Crippen molar-refractivity contribution in [3.8, 4) is 6.07 Å². The minimum atomic E-state index is -0.821. The highest BCUT2D eigenvalue weighted by Crippen LogP contribution is 2.27. The highest BCUT2D eigenvalue weighted by Gasteiger charge is 2.19. The van der Waals surface area contributed by atoms with Gasteiger partial charge in [-0.05, 0) is 18.2 Å². The number of benzene rings is 1. The van der Waals surface area contributed by atoms with Gasteiger partial charge in [0.25, 0.3) is 5.56 Å². The van der Waals surface area contributed by atoms with Crippen LogP contribution in [0.15, 0.2) is 27.4 Å². The molecule has 0 unspecified atom stereocenters. The molecule has 0 amide bonds. The Labute approximate surface area is 115 Å². The molecule has 0 bridgehead atoms. The number of nitrogen functional groups attached to an aromatic ring is 2. The average Bonchev–Trinajstić information content (AvgIpc) is 2.45. The molecular formula is C13H8FN5O2. The maximum absolute atomic E-state index is 13.5. The van der Waals surface area contributed by atoms with Gasteiger partial charge in [-0.25, -0.2) is 9.07 Å². The van der Waals surface area contributed by atoms with Crippen LogP contribution in [0, 0.1) is 22.6 Å². The van der Waals surface area contributed by atoms with Crippen LogP contribution in [-0.2, 0) is 0 Å². The van der Waals surface area contributed by atoms with Crippen LogP contribution in [0.3, 0.4) is 0 Å². The summed E-state index contributed by atoms with van der Waals surface area (Å²) in [6, 6.07) is 5.30. The van der Waals surface area contributed by atoms with Crippen molar-refractivity contribution in [1.29, 1.82) is 10.7 Å². The fourth-order valence-electron chi connectivity index (χ4n) is 2.26. The molecule has 2 heterocycles. The van der Waals surface area contributed by atoms with Crippen LogP contribution >= 0.6 is 0 Å². The van der Waals surface area contributed by atoms with Gasteiger partial charge in [0.2, 0.25) is 5.55 Å². The van der Waals surface area contributed by atoms with Crippen molar-refractivity contribution >= 4 is 27.6 Å². The smallest absolute Gasteiger partial charge is 0.289 e. The molecule has 0 aliphatic heterocycles. The number of anilines is 1. The zero-order valence-corrected chi connectivity index (χ0v) is 10.5. The second kappa shape index (κ2) is 4.08. The summed E-state index contributed by atoms with van der Waals surface area (Å²) in [7, 11) is 0. The van der Waals surface area contributed by atoms with E-state index in [2.05, 4.69) is 0 Å². The zero-order chi connectivity index (χ0) is 15.3. The monoisotopic (exact) mass is 285 g/mol. The Kier molecular flexibility index (Phi) is 2.46. The molecule has 3 aromatic rings. The van der Waals surface area contributed by atoms with Crippen molar-refractivity contribution in [3.05, 3.63) is 45.5 Å². The summed E-state index contributed by atoms with van der Waals surface area (Å²) in [4.78, 5) is 12.0. The standard InChI is InChI=1S/C13H8FN5O2/c14-5-1-2-8-6(3-5)9-7(4-15)13(20)19(18)11(16)10(9)12(17)21-8/h1-3,17H,16,18H2. The highest BCUT2D eigenvalue weighted by molar-refractivity contribution is 6.10. The second-order valence-corrected chi connectivity index (χ2v) is 4.37. The molecule has 7 nitrogen and oxygen atoms in total. The number of nitrogens with zero attached hydrogens (tertiary/aromatic N) is 2. The molecule has 0 fully saturated rings. The molecule has 104 valence electrons. The minimum Gasteiger partial charge on any atom is -0.438 e. The summed E-state index contributed by atoms with van der Waals surface area (Å²) in [5.41, 5.74) is 4.39. The molecule has 0 aliphatic carbocycles. The Morgan fingerprint density at radius 3 is 2.76 bits per heavy atom. The van der Waals surface area contributed by atoms with Crippen LogP contribution < -0.4 is 22.7 Å². The second-order valence-electron chi connectivity index (χ2n) is 4.37. The maximum Gasteiger partial charge on any atom is 0.289 e. The first-order chi connectivity index (χ1) is 9.95. The van der Waals surface area contributed by atoms with Gasteiger partial charge in [-0.1, -0.05) is 0 Å². The van der Waals surface area contributed by atoms with Crippen molar-refractivity contribution in [1.82, 2.24) is 4.68 Å². The number of nitrogens with one attached hydrogen (secondary N) is 1. The number of halogens is 1. The first kappa shape index (κ1) is 12.7. The number of pyridine rings is 1. The number of fused-ring (bicyclic) bond motifs is 3. The molecule has 3 rings (SSSR count). The Bertz CT molecular complexity index is 1070. The molecule has 0 radical (unpaired) electrons. The van der Waals surface area contributed by atoms with Crippen LogP contribution in [0.4, 0.5) is 10.2 Å². The molecule has 2 aromatic heterocycles. The fraction of sp³-hybridized carbons (Fsp3) is 0. The van der Waals surface area contributed by atoms with Crippen molar-refractivity contribution in [2.45, 2.75) is 0 Å². The lowest BCUT2D eigenvalue weighted by molar-refractivity contribution is 0.540. The van der Waals surface area contributed by atoms with Gasteiger partial charge in [0, 0.05) is 10.8 Å². The maximum atomic E-state index is 13.5. The van der Waals surface area contributed by atoms with E-state index in [1.165, 1.54) is 6.07 Å². The van der Waals surface area contributed by atoms with E-state index in [1.807, 2.05) is 0 Å². The third-order valence-electron chi connectivity index (χ3n) is 3.21. The lowest BCUT2D eigenvalue weighted by Crippen LogP contribution is -2.32. The predicted molar refractivity (Wildman–Crippen MR) is 73.1 cm³/mol. The molecule has 0 spiro atoms. The SMILES string of the molecule is N#Cc1c(=O)n(N)c(N)c2c(=N)oc3ccc(F)cc3c12. The van der Waals surface area contributed by atoms with Gasteiger partial charge in [-0.3, -0.25) is 10.2 Å². The highest BCUT2D eigenvalue weighted by atomic mass is 19.1. The molecule has 1 aromatic carbocycles. The van der Waals surface area contributed by atoms with Crippen LogP contribution in [0.1, 0.15) is 5.56 Å². The Morgan fingerprint density at radius 1 is 1.38 bits per heavy atom. The number of nitriles is 1. The Balaban J connectivity index is 2.83. The molecule has 0 saturated heterocycles. The Hall–Kier alpha value is -3.34. The van der Waals surface area contributed by atoms with Crippen molar-refractivity contribution in [2.24, 2.45) is 0 Å². The summed E-state index contributed by atoms with van der Waals surface area (Å²) in [5.74, 6) is 4.70. The summed E-state index contributed by atoms with van der Waals surface area (Å²) in [6.07, 6.45) is 0. The molecule has 0 saturated carbocycles. The summed E-state index contributed by atoms with van der Waals surface area (Å²) < 4.78 is 19.3. The van der Waals surface area contributed by atoms with E-state index in [9.17, 15) is 14.4 Å². The van der Waals surface area contributed by atoms with E-state index in [0.29, 0.717) is 4.68 Å². The van der Waals surface area contributed by atoms with Crippen molar-refractivity contribution < 1.29 is 8.81 Å². The first-order valence-electron chi connectivity index (χ1n) is 5.76. The predicted octanol–water partition coefficient (Wildman–Crippen LogP) is 0.534. The van der Waals surface area contributed by atoms with Gasteiger partial charge in [0.1, 0.15) is 28.9 Å². The van der Waals surface area contributed by atoms with E-state index in [1.54, 1.807) is 6.07 Å². The quantitative estimate of drug-likeness (QED) is 0.409. The molecular weight excluding hydrogens is 277 g/mol.